The molecule has 3 amide bonds. The van der Waals surface area contributed by atoms with Gasteiger partial charge < -0.3 is 10.2 Å². The fourth-order valence-electron chi connectivity index (χ4n) is 4.07. The highest BCUT2D eigenvalue weighted by Crippen LogP contribution is 2.34. The Morgan fingerprint density at radius 3 is 2.19 bits per heavy atom. The summed E-state index contributed by atoms with van der Waals surface area (Å²) >= 11 is 0. The van der Waals surface area contributed by atoms with Crippen molar-refractivity contribution in [3.8, 4) is 0 Å². The number of nitrogens with one attached hydrogen (secondary N) is 1. The zero-order chi connectivity index (χ0) is 22.0. The summed E-state index contributed by atoms with van der Waals surface area (Å²) in [4.78, 5) is 41.3. The number of benzene rings is 2. The third-order valence-electron chi connectivity index (χ3n) is 5.56. The normalized spacial score (nSPS) is 16.8. The summed E-state index contributed by atoms with van der Waals surface area (Å²) < 4.78 is 13.3. The van der Waals surface area contributed by atoms with Crippen LogP contribution in [-0.2, 0) is 20.9 Å². The van der Waals surface area contributed by atoms with Gasteiger partial charge in [0.05, 0.1) is 12.1 Å². The second kappa shape index (κ2) is 8.71. The molecule has 31 heavy (non-hydrogen) atoms. The molecule has 7 heteroatoms. The summed E-state index contributed by atoms with van der Waals surface area (Å²) in [5.74, 6) is -1.23. The number of anilines is 1. The molecule has 1 N–H and O–H groups in total. The monoisotopic (exact) mass is 421 g/mol. The highest BCUT2D eigenvalue weighted by molar-refractivity contribution is 6.35. The number of nitrogens with zero attached hydrogens (tertiary/aromatic N) is 2. The van der Waals surface area contributed by atoms with Crippen molar-refractivity contribution in [1.82, 2.24) is 9.80 Å². The van der Waals surface area contributed by atoms with E-state index < -0.39 is 0 Å². The predicted octanol–water partition coefficient (Wildman–Crippen LogP) is 3.55. The van der Waals surface area contributed by atoms with Gasteiger partial charge in [-0.05, 0) is 54.7 Å². The van der Waals surface area contributed by atoms with Gasteiger partial charge in [-0.25, -0.2) is 4.39 Å². The molecule has 0 radical (unpaired) electrons. The van der Waals surface area contributed by atoms with Crippen LogP contribution in [0.3, 0.4) is 0 Å². The summed E-state index contributed by atoms with van der Waals surface area (Å²) in [5, 5.41) is 2.70. The van der Waals surface area contributed by atoms with Gasteiger partial charge in [-0.1, -0.05) is 24.3 Å². The Balaban J connectivity index is 1.69. The first-order valence-electron chi connectivity index (χ1n) is 10.4. The maximum Gasteiger partial charge on any atom is 0.278 e. The molecule has 1 saturated heterocycles. The highest BCUT2D eigenvalue weighted by Gasteiger charge is 2.41. The van der Waals surface area contributed by atoms with E-state index in [0.29, 0.717) is 28.1 Å². The molecule has 0 aliphatic carbocycles. The van der Waals surface area contributed by atoms with Crippen LogP contribution in [0.1, 0.15) is 37.3 Å². The number of carbonyl (C=O) groups is 3. The van der Waals surface area contributed by atoms with E-state index in [0.717, 1.165) is 32.4 Å². The van der Waals surface area contributed by atoms with Crippen molar-refractivity contribution in [2.24, 2.45) is 0 Å². The predicted molar refractivity (Wildman–Crippen MR) is 115 cm³/mol. The molecular formula is C24H24FN3O3. The molecule has 0 atom stereocenters. The Kier molecular flexibility index (Phi) is 5.84. The number of rotatable bonds is 5. The molecule has 2 aliphatic heterocycles. The molecule has 0 unspecified atom stereocenters. The SMILES string of the molecule is CC(=O)Nc1ccc(C2=C(N3CCCCC3)C(=O)N(Cc3ccc(F)cc3)C2=O)cc1. The molecule has 160 valence electrons. The average Bonchev–Trinajstić information content (AvgIpc) is 3.01. The number of amides is 3. The van der Waals surface area contributed by atoms with Crippen molar-refractivity contribution in [2.75, 3.05) is 18.4 Å². The number of piperidine rings is 1. The molecule has 0 bridgehead atoms. The molecule has 2 aliphatic rings. The first-order chi connectivity index (χ1) is 14.9. The molecule has 2 aromatic rings. The van der Waals surface area contributed by atoms with Crippen molar-refractivity contribution in [3.63, 3.8) is 0 Å². The van der Waals surface area contributed by atoms with Crippen molar-refractivity contribution < 1.29 is 18.8 Å². The Bertz CT molecular complexity index is 1040. The van der Waals surface area contributed by atoms with Crippen LogP contribution in [-0.4, -0.2) is 40.6 Å². The van der Waals surface area contributed by atoms with Crippen LogP contribution in [0.4, 0.5) is 10.1 Å². The average molecular weight is 421 g/mol. The van der Waals surface area contributed by atoms with Crippen LogP contribution >= 0.6 is 0 Å². The third kappa shape index (κ3) is 4.35. The lowest BCUT2D eigenvalue weighted by atomic mass is 10.0. The van der Waals surface area contributed by atoms with Gasteiger partial charge in [0.2, 0.25) is 5.91 Å². The van der Waals surface area contributed by atoms with E-state index >= 15 is 0 Å². The zero-order valence-corrected chi connectivity index (χ0v) is 17.4. The summed E-state index contributed by atoms with van der Waals surface area (Å²) in [5.41, 5.74) is 2.75. The van der Waals surface area contributed by atoms with E-state index in [4.69, 9.17) is 0 Å². The van der Waals surface area contributed by atoms with E-state index in [-0.39, 0.29) is 30.1 Å². The number of hydrogen-bond donors (Lipinski definition) is 1. The van der Waals surface area contributed by atoms with Gasteiger partial charge in [0, 0.05) is 25.7 Å². The van der Waals surface area contributed by atoms with Gasteiger partial charge in [-0.15, -0.1) is 0 Å². The van der Waals surface area contributed by atoms with Gasteiger partial charge in [0.15, 0.2) is 0 Å². The summed E-state index contributed by atoms with van der Waals surface area (Å²) in [7, 11) is 0. The van der Waals surface area contributed by atoms with Gasteiger partial charge in [0.25, 0.3) is 11.8 Å². The maximum atomic E-state index is 13.4. The lowest BCUT2D eigenvalue weighted by Crippen LogP contribution is -2.36. The third-order valence-corrected chi connectivity index (χ3v) is 5.56. The largest absolute Gasteiger partial charge is 0.366 e. The highest BCUT2D eigenvalue weighted by atomic mass is 19.1. The summed E-state index contributed by atoms with van der Waals surface area (Å²) in [6.07, 6.45) is 3.04. The van der Waals surface area contributed by atoms with Crippen LogP contribution < -0.4 is 5.32 Å². The zero-order valence-electron chi connectivity index (χ0n) is 17.4. The molecule has 1 fully saturated rings. The van der Waals surface area contributed by atoms with E-state index in [9.17, 15) is 18.8 Å². The van der Waals surface area contributed by atoms with Crippen LogP contribution in [0.25, 0.3) is 5.57 Å². The number of likely N-dealkylation sites (tertiary alicyclic amines) is 1. The second-order valence-corrected chi connectivity index (χ2v) is 7.85. The minimum absolute atomic E-state index is 0.0861. The van der Waals surface area contributed by atoms with Crippen molar-refractivity contribution >= 4 is 29.0 Å². The Hall–Kier alpha value is -3.48. The van der Waals surface area contributed by atoms with Crippen LogP contribution in [0.2, 0.25) is 0 Å². The molecule has 6 nitrogen and oxygen atoms in total. The Morgan fingerprint density at radius 1 is 0.935 bits per heavy atom. The van der Waals surface area contributed by atoms with Crippen LogP contribution in [0.15, 0.2) is 54.2 Å². The molecule has 4 rings (SSSR count). The lowest BCUT2D eigenvalue weighted by Gasteiger charge is -2.29. The van der Waals surface area contributed by atoms with Gasteiger partial charge in [-0.2, -0.15) is 0 Å². The lowest BCUT2D eigenvalue weighted by molar-refractivity contribution is -0.138. The standard InChI is InChI=1S/C24H24FN3O3/c1-16(29)26-20-11-7-18(8-12-20)21-22(27-13-3-2-4-14-27)24(31)28(23(21)30)15-17-5-9-19(25)10-6-17/h5-12H,2-4,13-15H2,1H3,(H,26,29). The topological polar surface area (TPSA) is 69.7 Å². The van der Waals surface area contributed by atoms with Crippen molar-refractivity contribution in [1.29, 1.82) is 0 Å². The fourth-order valence-corrected chi connectivity index (χ4v) is 4.07. The van der Waals surface area contributed by atoms with Gasteiger partial charge >= 0.3 is 0 Å². The Labute approximate surface area is 180 Å². The number of imide groups is 1. The molecule has 0 saturated carbocycles. The first-order valence-corrected chi connectivity index (χ1v) is 10.4. The van der Waals surface area contributed by atoms with E-state index in [1.165, 1.54) is 24.0 Å². The number of halogens is 1. The van der Waals surface area contributed by atoms with E-state index in [2.05, 4.69) is 5.32 Å². The summed E-state index contributed by atoms with van der Waals surface area (Å²) in [6, 6.07) is 12.7. The van der Waals surface area contributed by atoms with Crippen LogP contribution in [0, 0.1) is 5.82 Å². The van der Waals surface area contributed by atoms with Crippen molar-refractivity contribution in [3.05, 3.63) is 71.2 Å². The summed E-state index contributed by atoms with van der Waals surface area (Å²) in [6.45, 7) is 2.97. The fraction of sp³-hybridized carbons (Fsp3) is 0.292. The van der Waals surface area contributed by atoms with E-state index in [1.54, 1.807) is 36.4 Å². The molecule has 2 heterocycles. The van der Waals surface area contributed by atoms with E-state index in [1.807, 2.05) is 4.90 Å². The first kappa shape index (κ1) is 20.8. The smallest absolute Gasteiger partial charge is 0.278 e. The molecular weight excluding hydrogens is 397 g/mol. The Morgan fingerprint density at radius 2 is 1.58 bits per heavy atom. The number of carbonyl (C=O) groups excluding carboxylic acids is 3. The maximum absolute atomic E-state index is 13.4. The van der Waals surface area contributed by atoms with Crippen molar-refractivity contribution in [2.45, 2.75) is 32.7 Å². The number of hydrogen-bond acceptors (Lipinski definition) is 4. The van der Waals surface area contributed by atoms with Crippen LogP contribution in [0.5, 0.6) is 0 Å². The second-order valence-electron chi connectivity index (χ2n) is 7.85. The minimum atomic E-state index is -0.366. The van der Waals surface area contributed by atoms with Gasteiger partial charge in [-0.3, -0.25) is 19.3 Å². The molecule has 2 aromatic carbocycles. The minimum Gasteiger partial charge on any atom is -0.366 e. The van der Waals surface area contributed by atoms with Gasteiger partial charge in [0.1, 0.15) is 11.5 Å². The quantitative estimate of drug-likeness (QED) is 0.750. The molecule has 0 aromatic heterocycles. The molecule has 0 spiro atoms.